The van der Waals surface area contributed by atoms with Crippen molar-refractivity contribution in [3.8, 4) is 11.5 Å². The van der Waals surface area contributed by atoms with Crippen molar-refractivity contribution < 1.29 is 23.8 Å². The Hall–Kier alpha value is -2.64. The van der Waals surface area contributed by atoms with Crippen LogP contribution < -0.4 is 20.1 Å². The molecular formula is C16H21N3O5. The van der Waals surface area contributed by atoms with Gasteiger partial charge in [-0.25, -0.2) is 9.59 Å². The van der Waals surface area contributed by atoms with E-state index in [1.165, 1.54) is 7.11 Å². The zero-order valence-corrected chi connectivity index (χ0v) is 13.5. The van der Waals surface area contributed by atoms with Crippen molar-refractivity contribution in [3.63, 3.8) is 0 Å². The minimum absolute atomic E-state index is 0.116. The predicted molar refractivity (Wildman–Crippen MR) is 86.6 cm³/mol. The number of methoxy groups -OCH3 is 1. The fourth-order valence-electron chi connectivity index (χ4n) is 2.91. The van der Waals surface area contributed by atoms with E-state index in [0.717, 1.165) is 12.8 Å². The fourth-order valence-corrected chi connectivity index (χ4v) is 2.91. The summed E-state index contributed by atoms with van der Waals surface area (Å²) >= 11 is 0. The van der Waals surface area contributed by atoms with E-state index in [1.54, 1.807) is 23.1 Å². The van der Waals surface area contributed by atoms with E-state index in [2.05, 4.69) is 10.6 Å². The highest BCUT2D eigenvalue weighted by atomic mass is 16.6. The first kappa shape index (κ1) is 16.2. The second-order valence-electron chi connectivity index (χ2n) is 5.68. The second kappa shape index (κ2) is 7.29. The molecule has 0 spiro atoms. The van der Waals surface area contributed by atoms with Crippen LogP contribution in [-0.4, -0.2) is 56.5 Å². The quantitative estimate of drug-likeness (QED) is 0.860. The third-order valence-electron chi connectivity index (χ3n) is 4.00. The second-order valence-corrected chi connectivity index (χ2v) is 5.68. The van der Waals surface area contributed by atoms with E-state index < -0.39 is 0 Å². The van der Waals surface area contributed by atoms with E-state index in [4.69, 9.17) is 14.2 Å². The molecule has 2 aliphatic heterocycles. The van der Waals surface area contributed by atoms with E-state index in [9.17, 15) is 9.59 Å². The maximum atomic E-state index is 12.3. The number of benzene rings is 1. The number of urea groups is 1. The SMILES string of the molecule is COC(=O)N1CCCC(NC(=O)Nc2cccc3c2OCCO3)C1. The minimum Gasteiger partial charge on any atom is -0.486 e. The highest BCUT2D eigenvalue weighted by molar-refractivity contribution is 5.91. The normalized spacial score (nSPS) is 19.4. The summed E-state index contributed by atoms with van der Waals surface area (Å²) in [7, 11) is 1.35. The Morgan fingerprint density at radius 3 is 2.96 bits per heavy atom. The van der Waals surface area contributed by atoms with Gasteiger partial charge in [-0.1, -0.05) is 6.07 Å². The van der Waals surface area contributed by atoms with Crippen LogP contribution in [0.3, 0.4) is 0 Å². The van der Waals surface area contributed by atoms with Gasteiger partial charge in [0.05, 0.1) is 12.8 Å². The molecule has 2 aliphatic rings. The minimum atomic E-state index is -0.371. The number of nitrogens with one attached hydrogen (secondary N) is 2. The Morgan fingerprint density at radius 1 is 1.29 bits per heavy atom. The number of para-hydroxylation sites is 1. The Kier molecular flexibility index (Phi) is 4.93. The van der Waals surface area contributed by atoms with Crippen LogP contribution in [0.15, 0.2) is 18.2 Å². The number of nitrogens with zero attached hydrogens (tertiary/aromatic N) is 1. The standard InChI is InChI=1S/C16H21N3O5/c1-22-16(21)19-7-3-4-11(10-19)17-15(20)18-12-5-2-6-13-14(12)24-9-8-23-13/h2,5-6,11H,3-4,7-10H2,1H3,(H2,17,18,20). The van der Waals surface area contributed by atoms with Gasteiger partial charge in [0.2, 0.25) is 0 Å². The molecule has 0 bridgehead atoms. The lowest BCUT2D eigenvalue weighted by Crippen LogP contribution is -2.50. The average Bonchev–Trinajstić information content (AvgIpc) is 2.61. The number of carbonyl (C=O) groups excluding carboxylic acids is 2. The lowest BCUT2D eigenvalue weighted by molar-refractivity contribution is 0.108. The molecule has 130 valence electrons. The molecule has 2 heterocycles. The van der Waals surface area contributed by atoms with E-state index in [1.807, 2.05) is 0 Å². The number of carbonyl (C=O) groups is 2. The highest BCUT2D eigenvalue weighted by Gasteiger charge is 2.25. The molecule has 1 saturated heterocycles. The molecule has 8 nitrogen and oxygen atoms in total. The third kappa shape index (κ3) is 3.64. The van der Waals surface area contributed by atoms with Gasteiger partial charge in [0.25, 0.3) is 0 Å². The van der Waals surface area contributed by atoms with E-state index >= 15 is 0 Å². The van der Waals surface area contributed by atoms with E-state index in [0.29, 0.717) is 43.5 Å². The molecular weight excluding hydrogens is 314 g/mol. The van der Waals surface area contributed by atoms with Gasteiger partial charge in [-0.2, -0.15) is 0 Å². The highest BCUT2D eigenvalue weighted by Crippen LogP contribution is 2.37. The number of amides is 3. The van der Waals surface area contributed by atoms with Gasteiger partial charge in [-0.15, -0.1) is 0 Å². The van der Waals surface area contributed by atoms with Gasteiger partial charge in [0.1, 0.15) is 13.2 Å². The molecule has 24 heavy (non-hydrogen) atoms. The molecule has 1 aromatic rings. The number of hydrogen-bond acceptors (Lipinski definition) is 5. The summed E-state index contributed by atoms with van der Waals surface area (Å²) in [5.41, 5.74) is 0.560. The number of likely N-dealkylation sites (tertiary alicyclic amines) is 1. The molecule has 0 aromatic heterocycles. The van der Waals surface area contributed by atoms with Crippen LogP contribution >= 0.6 is 0 Å². The molecule has 1 unspecified atom stereocenters. The van der Waals surface area contributed by atoms with Crippen LogP contribution in [0.5, 0.6) is 11.5 Å². The average molecular weight is 335 g/mol. The van der Waals surface area contributed by atoms with Crippen LogP contribution in [0.25, 0.3) is 0 Å². The Labute approximate surface area is 140 Å². The first-order valence-corrected chi connectivity index (χ1v) is 7.96. The first-order valence-electron chi connectivity index (χ1n) is 7.96. The summed E-state index contributed by atoms with van der Waals surface area (Å²) in [6.45, 7) is 2.02. The van der Waals surface area contributed by atoms with Crippen LogP contribution in [0.4, 0.5) is 15.3 Å². The number of fused-ring (bicyclic) bond motifs is 1. The summed E-state index contributed by atoms with van der Waals surface area (Å²) in [5, 5.41) is 5.67. The van der Waals surface area contributed by atoms with Gasteiger partial charge in [-0.3, -0.25) is 0 Å². The number of anilines is 1. The van der Waals surface area contributed by atoms with Gasteiger partial charge in [-0.05, 0) is 25.0 Å². The number of rotatable bonds is 2. The summed E-state index contributed by atoms with van der Waals surface area (Å²) in [5.74, 6) is 1.16. The zero-order valence-electron chi connectivity index (χ0n) is 13.5. The predicted octanol–water partition coefficient (Wildman–Crippen LogP) is 1.81. The van der Waals surface area contributed by atoms with Crippen LogP contribution in [0.2, 0.25) is 0 Å². The lowest BCUT2D eigenvalue weighted by atomic mass is 10.1. The molecule has 0 aliphatic carbocycles. The Morgan fingerprint density at radius 2 is 2.12 bits per heavy atom. The Bertz CT molecular complexity index is 622. The van der Waals surface area contributed by atoms with Crippen molar-refractivity contribution >= 4 is 17.8 Å². The molecule has 0 radical (unpaired) electrons. The maximum Gasteiger partial charge on any atom is 0.409 e. The van der Waals surface area contributed by atoms with Gasteiger partial charge in [0, 0.05) is 19.1 Å². The van der Waals surface area contributed by atoms with Crippen LogP contribution in [-0.2, 0) is 4.74 Å². The summed E-state index contributed by atoms with van der Waals surface area (Å²) < 4.78 is 15.8. The van der Waals surface area contributed by atoms with Crippen molar-refractivity contribution in [2.45, 2.75) is 18.9 Å². The summed E-state index contributed by atoms with van der Waals surface area (Å²) in [4.78, 5) is 25.4. The zero-order chi connectivity index (χ0) is 16.9. The number of ether oxygens (including phenoxy) is 3. The molecule has 1 atom stereocenters. The molecule has 3 amide bonds. The van der Waals surface area contributed by atoms with Crippen LogP contribution in [0.1, 0.15) is 12.8 Å². The van der Waals surface area contributed by atoms with Gasteiger partial charge < -0.3 is 29.7 Å². The monoisotopic (exact) mass is 335 g/mol. The molecule has 8 heteroatoms. The molecule has 1 aromatic carbocycles. The van der Waals surface area contributed by atoms with Gasteiger partial charge in [0.15, 0.2) is 11.5 Å². The van der Waals surface area contributed by atoms with Crippen molar-refractivity contribution in [2.75, 3.05) is 38.7 Å². The summed E-state index contributed by atoms with van der Waals surface area (Å²) in [6.07, 6.45) is 1.26. The van der Waals surface area contributed by atoms with Crippen molar-refractivity contribution in [1.82, 2.24) is 10.2 Å². The first-order chi connectivity index (χ1) is 11.7. The topological polar surface area (TPSA) is 89.1 Å². The molecule has 3 rings (SSSR count). The van der Waals surface area contributed by atoms with Crippen LogP contribution in [0, 0.1) is 0 Å². The summed E-state index contributed by atoms with van der Waals surface area (Å²) in [6, 6.07) is 4.90. The van der Waals surface area contributed by atoms with Crippen molar-refractivity contribution in [1.29, 1.82) is 0 Å². The molecule has 1 fully saturated rings. The maximum absolute atomic E-state index is 12.3. The largest absolute Gasteiger partial charge is 0.486 e. The third-order valence-corrected chi connectivity index (χ3v) is 4.00. The smallest absolute Gasteiger partial charge is 0.409 e. The molecule has 0 saturated carbocycles. The number of piperidine rings is 1. The fraction of sp³-hybridized carbons (Fsp3) is 0.500. The Balaban J connectivity index is 1.59. The lowest BCUT2D eigenvalue weighted by Gasteiger charge is -2.32. The van der Waals surface area contributed by atoms with Gasteiger partial charge >= 0.3 is 12.1 Å². The number of hydrogen-bond donors (Lipinski definition) is 2. The van der Waals surface area contributed by atoms with Crippen molar-refractivity contribution in [2.24, 2.45) is 0 Å². The van der Waals surface area contributed by atoms with E-state index in [-0.39, 0.29) is 18.2 Å². The van der Waals surface area contributed by atoms with Crippen molar-refractivity contribution in [3.05, 3.63) is 18.2 Å². The molecule has 2 N–H and O–H groups in total.